The van der Waals surface area contributed by atoms with Gasteiger partial charge in [0.05, 0.1) is 5.69 Å². The second kappa shape index (κ2) is 3.65. The fourth-order valence-corrected chi connectivity index (χ4v) is 1.16. The first-order valence-corrected chi connectivity index (χ1v) is 4.26. The van der Waals surface area contributed by atoms with Crippen molar-refractivity contribution in [2.75, 3.05) is 0 Å². The third-order valence-electron chi connectivity index (χ3n) is 1.72. The maximum atomic E-state index is 13.0. The van der Waals surface area contributed by atoms with Crippen LogP contribution in [0.15, 0.2) is 0 Å². The maximum Gasteiger partial charge on any atom is 0.255 e. The fourth-order valence-electron chi connectivity index (χ4n) is 1.16. The Kier molecular flexibility index (Phi) is 2.78. The molecule has 0 unspecified atom stereocenters. The van der Waals surface area contributed by atoms with E-state index in [2.05, 4.69) is 10.3 Å². The summed E-state index contributed by atoms with van der Waals surface area (Å²) >= 11 is 0. The lowest BCUT2D eigenvalue weighted by Gasteiger charge is -2.07. The molecule has 0 aromatic carbocycles. The zero-order valence-electron chi connectivity index (χ0n) is 7.71. The zero-order chi connectivity index (χ0) is 9.14. The minimum Gasteiger partial charge on any atom is -0.244 e. The minimum atomic E-state index is -0.425. The van der Waals surface area contributed by atoms with E-state index >= 15 is 0 Å². The SMILES string of the molecule is CCCc1c(F)nnn1C(C)C. The van der Waals surface area contributed by atoms with Gasteiger partial charge in [0.25, 0.3) is 5.95 Å². The van der Waals surface area contributed by atoms with Gasteiger partial charge in [-0.1, -0.05) is 23.7 Å². The van der Waals surface area contributed by atoms with Gasteiger partial charge in [0, 0.05) is 6.04 Å². The van der Waals surface area contributed by atoms with Crippen LogP contribution in [-0.2, 0) is 6.42 Å². The fraction of sp³-hybridized carbons (Fsp3) is 0.750. The molecular weight excluding hydrogens is 157 g/mol. The number of nitrogens with zero attached hydrogens (tertiary/aromatic N) is 3. The molecular formula is C8H14FN3. The van der Waals surface area contributed by atoms with E-state index in [1.807, 2.05) is 20.8 Å². The summed E-state index contributed by atoms with van der Waals surface area (Å²) in [6.45, 7) is 5.94. The molecule has 0 aliphatic rings. The molecule has 3 nitrogen and oxygen atoms in total. The topological polar surface area (TPSA) is 30.7 Å². The van der Waals surface area contributed by atoms with Crippen LogP contribution in [0.2, 0.25) is 0 Å². The molecule has 0 saturated heterocycles. The lowest BCUT2D eigenvalue weighted by atomic mass is 10.2. The largest absolute Gasteiger partial charge is 0.255 e. The average molecular weight is 171 g/mol. The molecule has 1 rings (SSSR count). The highest BCUT2D eigenvalue weighted by atomic mass is 19.1. The molecule has 0 aliphatic heterocycles. The van der Waals surface area contributed by atoms with Crippen LogP contribution in [0.5, 0.6) is 0 Å². The van der Waals surface area contributed by atoms with Crippen LogP contribution < -0.4 is 0 Å². The number of rotatable bonds is 3. The quantitative estimate of drug-likeness (QED) is 0.696. The first kappa shape index (κ1) is 9.16. The van der Waals surface area contributed by atoms with Crippen molar-refractivity contribution >= 4 is 0 Å². The van der Waals surface area contributed by atoms with Crippen molar-refractivity contribution in [3.05, 3.63) is 11.6 Å². The molecule has 0 N–H and O–H groups in total. The van der Waals surface area contributed by atoms with Crippen LogP contribution in [0.25, 0.3) is 0 Å². The summed E-state index contributed by atoms with van der Waals surface area (Å²) in [5, 5.41) is 7.13. The molecule has 1 aromatic heterocycles. The summed E-state index contributed by atoms with van der Waals surface area (Å²) in [5.74, 6) is -0.425. The van der Waals surface area contributed by atoms with E-state index in [1.165, 1.54) is 0 Å². The van der Waals surface area contributed by atoms with Gasteiger partial charge in [0.15, 0.2) is 0 Å². The van der Waals surface area contributed by atoms with Crippen LogP contribution in [0, 0.1) is 5.95 Å². The van der Waals surface area contributed by atoms with Crippen molar-refractivity contribution in [1.82, 2.24) is 15.0 Å². The van der Waals surface area contributed by atoms with Gasteiger partial charge in [-0.3, -0.25) is 0 Å². The normalized spacial score (nSPS) is 11.1. The van der Waals surface area contributed by atoms with Gasteiger partial charge < -0.3 is 0 Å². The second-order valence-corrected chi connectivity index (χ2v) is 3.12. The molecule has 1 heterocycles. The van der Waals surface area contributed by atoms with E-state index < -0.39 is 5.95 Å². The predicted molar refractivity (Wildman–Crippen MR) is 44.4 cm³/mol. The van der Waals surface area contributed by atoms with E-state index in [4.69, 9.17) is 0 Å². The van der Waals surface area contributed by atoms with Crippen molar-refractivity contribution in [2.45, 2.75) is 39.7 Å². The molecule has 0 amide bonds. The first-order chi connectivity index (χ1) is 5.66. The number of hydrogen-bond acceptors (Lipinski definition) is 2. The van der Waals surface area contributed by atoms with Crippen molar-refractivity contribution in [2.24, 2.45) is 0 Å². The highest BCUT2D eigenvalue weighted by molar-refractivity contribution is 4.98. The molecule has 0 atom stereocenters. The molecule has 0 radical (unpaired) electrons. The van der Waals surface area contributed by atoms with Gasteiger partial charge in [0.1, 0.15) is 0 Å². The van der Waals surface area contributed by atoms with Crippen molar-refractivity contribution < 1.29 is 4.39 Å². The Morgan fingerprint density at radius 1 is 1.50 bits per heavy atom. The summed E-state index contributed by atoms with van der Waals surface area (Å²) < 4.78 is 14.6. The Hall–Kier alpha value is -0.930. The molecule has 0 saturated carbocycles. The molecule has 4 heteroatoms. The zero-order valence-corrected chi connectivity index (χ0v) is 7.71. The third-order valence-corrected chi connectivity index (χ3v) is 1.72. The summed E-state index contributed by atoms with van der Waals surface area (Å²) in [7, 11) is 0. The van der Waals surface area contributed by atoms with Gasteiger partial charge in [-0.25, -0.2) is 4.68 Å². The van der Waals surface area contributed by atoms with Crippen molar-refractivity contribution in [3.63, 3.8) is 0 Å². The lowest BCUT2D eigenvalue weighted by Crippen LogP contribution is -2.08. The highest BCUT2D eigenvalue weighted by Crippen LogP contribution is 2.11. The van der Waals surface area contributed by atoms with Gasteiger partial charge in [-0.15, -0.1) is 0 Å². The van der Waals surface area contributed by atoms with E-state index in [-0.39, 0.29) is 6.04 Å². The van der Waals surface area contributed by atoms with Crippen LogP contribution in [-0.4, -0.2) is 15.0 Å². The predicted octanol–water partition coefficient (Wildman–Crippen LogP) is 1.95. The highest BCUT2D eigenvalue weighted by Gasteiger charge is 2.12. The molecule has 1 aromatic rings. The molecule has 12 heavy (non-hydrogen) atoms. The Morgan fingerprint density at radius 3 is 2.67 bits per heavy atom. The second-order valence-electron chi connectivity index (χ2n) is 3.12. The number of aromatic nitrogens is 3. The minimum absolute atomic E-state index is 0.184. The number of hydrogen-bond donors (Lipinski definition) is 0. The summed E-state index contributed by atoms with van der Waals surface area (Å²) in [6.07, 6.45) is 1.62. The summed E-state index contributed by atoms with van der Waals surface area (Å²) in [5.41, 5.74) is 0.618. The smallest absolute Gasteiger partial charge is 0.244 e. The molecule has 0 aliphatic carbocycles. The summed E-state index contributed by atoms with van der Waals surface area (Å²) in [4.78, 5) is 0. The molecule has 0 spiro atoms. The number of halogens is 1. The van der Waals surface area contributed by atoms with E-state index in [1.54, 1.807) is 4.68 Å². The lowest BCUT2D eigenvalue weighted by molar-refractivity contribution is 0.490. The molecule has 68 valence electrons. The average Bonchev–Trinajstić information content (AvgIpc) is 2.34. The Morgan fingerprint density at radius 2 is 2.17 bits per heavy atom. The van der Waals surface area contributed by atoms with Crippen LogP contribution in [0.3, 0.4) is 0 Å². The van der Waals surface area contributed by atoms with Crippen molar-refractivity contribution in [1.29, 1.82) is 0 Å². The Labute approximate surface area is 71.6 Å². The van der Waals surface area contributed by atoms with Crippen LogP contribution in [0.4, 0.5) is 4.39 Å². The van der Waals surface area contributed by atoms with Crippen LogP contribution >= 0.6 is 0 Å². The van der Waals surface area contributed by atoms with Crippen molar-refractivity contribution in [3.8, 4) is 0 Å². The first-order valence-electron chi connectivity index (χ1n) is 4.26. The standard InChI is InChI=1S/C8H14FN3/c1-4-5-7-8(9)10-11-12(7)6(2)3/h6H,4-5H2,1-3H3. The van der Waals surface area contributed by atoms with Gasteiger partial charge in [-0.05, 0) is 20.3 Å². The van der Waals surface area contributed by atoms with E-state index in [9.17, 15) is 4.39 Å². The third kappa shape index (κ3) is 1.62. The van der Waals surface area contributed by atoms with Gasteiger partial charge >= 0.3 is 0 Å². The van der Waals surface area contributed by atoms with E-state index in [0.717, 1.165) is 6.42 Å². The Balaban J connectivity index is 2.95. The van der Waals surface area contributed by atoms with Gasteiger partial charge in [-0.2, -0.15) is 4.39 Å². The maximum absolute atomic E-state index is 13.0. The molecule has 0 bridgehead atoms. The van der Waals surface area contributed by atoms with E-state index in [0.29, 0.717) is 12.1 Å². The van der Waals surface area contributed by atoms with Crippen LogP contribution in [0.1, 0.15) is 38.9 Å². The molecule has 0 fully saturated rings. The summed E-state index contributed by atoms with van der Waals surface area (Å²) in [6, 6.07) is 0.184. The monoisotopic (exact) mass is 171 g/mol. The Bertz CT molecular complexity index is 255. The van der Waals surface area contributed by atoms with Gasteiger partial charge in [0.2, 0.25) is 0 Å².